The van der Waals surface area contributed by atoms with Gasteiger partial charge >= 0.3 is 0 Å². The zero-order valence-electron chi connectivity index (χ0n) is 14.2. The van der Waals surface area contributed by atoms with E-state index in [0.29, 0.717) is 5.92 Å². The van der Waals surface area contributed by atoms with Crippen LogP contribution in [0.2, 0.25) is 0 Å². The van der Waals surface area contributed by atoms with E-state index in [0.717, 1.165) is 67.0 Å². The average Bonchev–Trinajstić information content (AvgIpc) is 2.64. The SMILES string of the molecule is O=c1cc2c(nn1CC1CCN(c3ncc(Br)cn3)CC1)CCCC2. The summed E-state index contributed by atoms with van der Waals surface area (Å²) in [5, 5.41) is 4.65. The Morgan fingerprint density at radius 1 is 1.12 bits per heavy atom. The van der Waals surface area contributed by atoms with Crippen molar-refractivity contribution < 1.29 is 0 Å². The molecule has 0 spiro atoms. The number of fused-ring (bicyclic) bond motifs is 1. The summed E-state index contributed by atoms with van der Waals surface area (Å²) >= 11 is 3.37. The summed E-state index contributed by atoms with van der Waals surface area (Å²) in [5.41, 5.74) is 2.35. The molecule has 4 rings (SSSR count). The lowest BCUT2D eigenvalue weighted by Gasteiger charge is -2.32. The molecular formula is C18H22BrN5O. The minimum Gasteiger partial charge on any atom is -0.341 e. The Morgan fingerprint density at radius 2 is 1.84 bits per heavy atom. The summed E-state index contributed by atoms with van der Waals surface area (Å²) in [7, 11) is 0. The molecule has 0 aromatic carbocycles. The Bertz CT molecular complexity index is 796. The van der Waals surface area contributed by atoms with Gasteiger partial charge in [0.15, 0.2) is 0 Å². The van der Waals surface area contributed by atoms with Crippen LogP contribution in [-0.2, 0) is 19.4 Å². The van der Waals surface area contributed by atoms with Gasteiger partial charge in [-0.1, -0.05) is 0 Å². The highest BCUT2D eigenvalue weighted by atomic mass is 79.9. The Morgan fingerprint density at radius 3 is 2.60 bits per heavy atom. The Hall–Kier alpha value is -1.76. The van der Waals surface area contributed by atoms with Crippen LogP contribution in [0.15, 0.2) is 27.7 Å². The molecular weight excluding hydrogens is 382 g/mol. The predicted octanol–water partition coefficient (Wildman–Crippen LogP) is 2.59. The van der Waals surface area contributed by atoms with Crippen molar-refractivity contribution in [1.29, 1.82) is 0 Å². The molecule has 1 aliphatic heterocycles. The quantitative estimate of drug-likeness (QED) is 0.787. The van der Waals surface area contributed by atoms with Gasteiger partial charge in [-0.15, -0.1) is 0 Å². The van der Waals surface area contributed by atoms with Crippen molar-refractivity contribution in [3.8, 4) is 0 Å². The third-order valence-corrected chi connectivity index (χ3v) is 5.62. The first-order chi connectivity index (χ1) is 12.2. The van der Waals surface area contributed by atoms with Crippen LogP contribution in [0.4, 0.5) is 5.95 Å². The minimum absolute atomic E-state index is 0.0549. The van der Waals surface area contributed by atoms with Crippen LogP contribution in [0, 0.1) is 5.92 Å². The fourth-order valence-corrected chi connectivity index (χ4v) is 3.97. The first-order valence-electron chi connectivity index (χ1n) is 9.01. The smallest absolute Gasteiger partial charge is 0.267 e. The number of rotatable bonds is 3. The van der Waals surface area contributed by atoms with Crippen LogP contribution in [0.5, 0.6) is 0 Å². The highest BCUT2D eigenvalue weighted by molar-refractivity contribution is 9.10. The molecule has 2 aromatic rings. The van der Waals surface area contributed by atoms with E-state index in [1.165, 1.54) is 12.8 Å². The lowest BCUT2D eigenvalue weighted by molar-refractivity contribution is 0.330. The standard InChI is InChI=1S/C18H22BrN5O/c19-15-10-20-18(21-11-15)23-7-5-13(6-8-23)12-24-17(25)9-14-3-1-2-4-16(14)22-24/h9-11,13H,1-8,12H2. The molecule has 2 aliphatic rings. The largest absolute Gasteiger partial charge is 0.341 e. The summed E-state index contributed by atoms with van der Waals surface area (Å²) in [6.07, 6.45) is 10.0. The van der Waals surface area contributed by atoms with Crippen molar-refractivity contribution in [2.45, 2.75) is 45.1 Å². The molecule has 2 aromatic heterocycles. The van der Waals surface area contributed by atoms with Crippen molar-refractivity contribution in [3.05, 3.63) is 44.5 Å². The first kappa shape index (κ1) is 16.7. The summed E-state index contributed by atoms with van der Waals surface area (Å²) in [5.74, 6) is 1.27. The predicted molar refractivity (Wildman–Crippen MR) is 99.8 cm³/mol. The van der Waals surface area contributed by atoms with Gasteiger partial charge in [0.2, 0.25) is 5.95 Å². The van der Waals surface area contributed by atoms with E-state index in [-0.39, 0.29) is 5.56 Å². The van der Waals surface area contributed by atoms with Crippen molar-refractivity contribution in [3.63, 3.8) is 0 Å². The summed E-state index contributed by atoms with van der Waals surface area (Å²) in [6.45, 7) is 2.57. The van der Waals surface area contributed by atoms with E-state index in [2.05, 4.69) is 35.9 Å². The fraction of sp³-hybridized carbons (Fsp3) is 0.556. The number of hydrogen-bond acceptors (Lipinski definition) is 5. The molecule has 7 heteroatoms. The molecule has 1 saturated heterocycles. The van der Waals surface area contributed by atoms with Crippen molar-refractivity contribution in [2.75, 3.05) is 18.0 Å². The molecule has 0 saturated carbocycles. The molecule has 1 aliphatic carbocycles. The summed E-state index contributed by atoms with van der Waals surface area (Å²) in [4.78, 5) is 23.3. The van der Waals surface area contributed by atoms with E-state index < -0.39 is 0 Å². The molecule has 25 heavy (non-hydrogen) atoms. The van der Waals surface area contributed by atoms with Gasteiger partial charge in [0, 0.05) is 38.1 Å². The van der Waals surface area contributed by atoms with Gasteiger partial charge in [-0.2, -0.15) is 5.10 Å². The second-order valence-corrected chi connectivity index (χ2v) is 7.89. The summed E-state index contributed by atoms with van der Waals surface area (Å²) < 4.78 is 2.59. The summed E-state index contributed by atoms with van der Waals surface area (Å²) in [6, 6.07) is 1.81. The van der Waals surface area contributed by atoms with Gasteiger partial charge < -0.3 is 4.90 Å². The van der Waals surface area contributed by atoms with Crippen molar-refractivity contribution >= 4 is 21.9 Å². The molecule has 0 unspecified atom stereocenters. The fourth-order valence-electron chi connectivity index (χ4n) is 3.76. The molecule has 132 valence electrons. The van der Waals surface area contributed by atoms with Gasteiger partial charge in [-0.05, 0) is 65.9 Å². The third-order valence-electron chi connectivity index (χ3n) is 5.21. The molecule has 0 amide bonds. The topological polar surface area (TPSA) is 63.9 Å². The van der Waals surface area contributed by atoms with Gasteiger partial charge in [0.05, 0.1) is 10.2 Å². The highest BCUT2D eigenvalue weighted by Crippen LogP contribution is 2.23. The zero-order chi connectivity index (χ0) is 17.2. The van der Waals surface area contributed by atoms with Crippen LogP contribution in [0.25, 0.3) is 0 Å². The highest BCUT2D eigenvalue weighted by Gasteiger charge is 2.22. The van der Waals surface area contributed by atoms with Gasteiger partial charge in [0.1, 0.15) is 0 Å². The maximum atomic E-state index is 12.3. The monoisotopic (exact) mass is 403 g/mol. The normalized spacial score (nSPS) is 18.2. The maximum Gasteiger partial charge on any atom is 0.267 e. The van der Waals surface area contributed by atoms with E-state index >= 15 is 0 Å². The van der Waals surface area contributed by atoms with Crippen LogP contribution in [0.1, 0.15) is 36.9 Å². The Labute approximate surface area is 155 Å². The lowest BCUT2D eigenvalue weighted by Crippen LogP contribution is -2.38. The number of aryl methyl sites for hydroxylation is 2. The van der Waals surface area contributed by atoms with E-state index in [9.17, 15) is 4.79 Å². The Balaban J connectivity index is 1.40. The van der Waals surface area contributed by atoms with Crippen LogP contribution in [-0.4, -0.2) is 32.8 Å². The van der Waals surface area contributed by atoms with E-state index in [4.69, 9.17) is 0 Å². The van der Waals surface area contributed by atoms with E-state index in [1.807, 2.05) is 6.07 Å². The second kappa shape index (κ2) is 7.23. The second-order valence-electron chi connectivity index (χ2n) is 6.98. The Kier molecular flexibility index (Phi) is 4.83. The van der Waals surface area contributed by atoms with Crippen molar-refractivity contribution in [1.82, 2.24) is 19.7 Å². The van der Waals surface area contributed by atoms with E-state index in [1.54, 1.807) is 17.1 Å². The number of piperidine rings is 1. The number of halogens is 1. The molecule has 3 heterocycles. The number of anilines is 1. The van der Waals surface area contributed by atoms with Crippen LogP contribution in [0.3, 0.4) is 0 Å². The minimum atomic E-state index is 0.0549. The number of hydrogen-bond donors (Lipinski definition) is 0. The number of nitrogens with zero attached hydrogens (tertiary/aromatic N) is 5. The van der Waals surface area contributed by atoms with Gasteiger partial charge in [-0.3, -0.25) is 4.79 Å². The molecule has 0 radical (unpaired) electrons. The molecule has 1 fully saturated rings. The third kappa shape index (κ3) is 3.76. The zero-order valence-corrected chi connectivity index (χ0v) is 15.8. The van der Waals surface area contributed by atoms with Crippen LogP contribution < -0.4 is 10.5 Å². The molecule has 6 nitrogen and oxygen atoms in total. The maximum absolute atomic E-state index is 12.3. The first-order valence-corrected chi connectivity index (χ1v) is 9.81. The van der Waals surface area contributed by atoms with Crippen LogP contribution >= 0.6 is 15.9 Å². The average molecular weight is 404 g/mol. The van der Waals surface area contributed by atoms with Crippen molar-refractivity contribution in [2.24, 2.45) is 5.92 Å². The van der Waals surface area contributed by atoms with Gasteiger partial charge in [0.25, 0.3) is 5.56 Å². The molecule has 0 N–H and O–H groups in total. The number of aromatic nitrogens is 4. The lowest BCUT2D eigenvalue weighted by atomic mass is 9.96. The van der Waals surface area contributed by atoms with Gasteiger partial charge in [-0.25, -0.2) is 14.6 Å². The molecule has 0 bridgehead atoms. The molecule has 0 atom stereocenters.